The molecule has 2 aromatic rings. The van der Waals surface area contributed by atoms with Crippen LogP contribution in [0, 0.1) is 0 Å². The largest absolute Gasteiger partial charge is 0.391 e. The number of aromatic nitrogens is 2. The van der Waals surface area contributed by atoms with Gasteiger partial charge in [0.05, 0.1) is 11.6 Å². The topological polar surface area (TPSA) is 72.5 Å². The maximum absolute atomic E-state index is 12.7. The van der Waals surface area contributed by atoms with Crippen molar-refractivity contribution in [3.63, 3.8) is 0 Å². The Balaban J connectivity index is 1.45. The molecule has 1 aliphatic carbocycles. The molecule has 6 nitrogen and oxygen atoms in total. The van der Waals surface area contributed by atoms with Gasteiger partial charge in [-0.25, -0.2) is 0 Å². The minimum Gasteiger partial charge on any atom is -0.391 e. The predicted octanol–water partition coefficient (Wildman–Crippen LogP) is 1.23. The van der Waals surface area contributed by atoms with Crippen LogP contribution in [0.2, 0.25) is 0 Å². The first kappa shape index (κ1) is 14.7. The number of para-hydroxylation sites is 1. The summed E-state index contributed by atoms with van der Waals surface area (Å²) in [6.45, 7) is 3.05. The van der Waals surface area contributed by atoms with Crippen molar-refractivity contribution in [2.45, 2.75) is 31.4 Å². The minimum atomic E-state index is -0.201. The fourth-order valence-electron chi connectivity index (χ4n) is 3.88. The van der Waals surface area contributed by atoms with E-state index in [1.807, 2.05) is 29.2 Å². The molecule has 1 aromatic carbocycles. The first-order valence-electron chi connectivity index (χ1n) is 8.38. The Morgan fingerprint density at radius 1 is 1.17 bits per heavy atom. The second-order valence-electron chi connectivity index (χ2n) is 6.51. The van der Waals surface area contributed by atoms with Crippen LogP contribution in [0.5, 0.6) is 0 Å². The molecule has 1 saturated heterocycles. The summed E-state index contributed by atoms with van der Waals surface area (Å²) in [4.78, 5) is 17.0. The van der Waals surface area contributed by atoms with Gasteiger partial charge in [0.1, 0.15) is 0 Å². The first-order chi connectivity index (χ1) is 11.2. The number of aliphatic hydroxyl groups excluding tert-OH is 1. The Bertz CT molecular complexity index is 705. The second kappa shape index (κ2) is 5.94. The number of carbonyl (C=O) groups excluding carboxylic acids is 1. The highest BCUT2D eigenvalue weighted by Crippen LogP contribution is 2.25. The zero-order valence-corrected chi connectivity index (χ0v) is 13.1. The van der Waals surface area contributed by atoms with Crippen LogP contribution in [0.1, 0.15) is 29.8 Å². The number of nitrogens with zero attached hydrogens (tertiary/aromatic N) is 3. The average molecular weight is 314 g/mol. The van der Waals surface area contributed by atoms with Gasteiger partial charge in [0, 0.05) is 37.6 Å². The van der Waals surface area contributed by atoms with Gasteiger partial charge in [0.2, 0.25) is 0 Å². The zero-order valence-electron chi connectivity index (χ0n) is 13.1. The van der Waals surface area contributed by atoms with Gasteiger partial charge in [-0.1, -0.05) is 18.2 Å². The maximum atomic E-state index is 12.7. The van der Waals surface area contributed by atoms with Crippen molar-refractivity contribution in [3.05, 3.63) is 30.0 Å². The Kier molecular flexibility index (Phi) is 3.79. The van der Waals surface area contributed by atoms with Gasteiger partial charge < -0.3 is 10.0 Å². The maximum Gasteiger partial charge on any atom is 0.275 e. The number of hydrogen-bond donors (Lipinski definition) is 2. The van der Waals surface area contributed by atoms with Gasteiger partial charge in [-0.2, -0.15) is 5.10 Å². The molecule has 1 aromatic heterocycles. The Labute approximate surface area is 135 Å². The highest BCUT2D eigenvalue weighted by Gasteiger charge is 2.34. The fourth-order valence-corrected chi connectivity index (χ4v) is 3.88. The third-order valence-electron chi connectivity index (χ3n) is 5.19. The monoisotopic (exact) mass is 314 g/mol. The van der Waals surface area contributed by atoms with Gasteiger partial charge >= 0.3 is 0 Å². The molecule has 2 aliphatic rings. The smallest absolute Gasteiger partial charge is 0.275 e. The van der Waals surface area contributed by atoms with E-state index in [1.165, 1.54) is 0 Å². The van der Waals surface area contributed by atoms with Crippen molar-refractivity contribution in [2.75, 3.05) is 26.2 Å². The number of amides is 1. The van der Waals surface area contributed by atoms with Crippen LogP contribution in [0.15, 0.2) is 24.3 Å². The molecule has 1 aliphatic heterocycles. The molecule has 1 saturated carbocycles. The summed E-state index contributed by atoms with van der Waals surface area (Å²) in [5.74, 6) is -0.00549. The molecule has 2 fully saturated rings. The summed E-state index contributed by atoms with van der Waals surface area (Å²) in [6.07, 6.45) is 2.87. The van der Waals surface area contributed by atoms with E-state index in [4.69, 9.17) is 0 Å². The first-order valence-corrected chi connectivity index (χ1v) is 8.38. The Morgan fingerprint density at radius 3 is 2.70 bits per heavy atom. The van der Waals surface area contributed by atoms with E-state index in [9.17, 15) is 9.90 Å². The van der Waals surface area contributed by atoms with Crippen molar-refractivity contribution in [1.82, 2.24) is 20.0 Å². The highest BCUT2D eigenvalue weighted by molar-refractivity contribution is 6.04. The lowest BCUT2D eigenvalue weighted by atomic mass is 10.1. The number of rotatable bonds is 2. The van der Waals surface area contributed by atoms with E-state index < -0.39 is 0 Å². The summed E-state index contributed by atoms with van der Waals surface area (Å²) in [7, 11) is 0. The van der Waals surface area contributed by atoms with Gasteiger partial charge in [-0.15, -0.1) is 0 Å². The molecule has 2 atom stereocenters. The average Bonchev–Trinajstić information content (AvgIpc) is 3.20. The van der Waals surface area contributed by atoms with Crippen molar-refractivity contribution in [1.29, 1.82) is 0 Å². The third kappa shape index (κ3) is 2.62. The number of benzene rings is 1. The SMILES string of the molecule is O=C(c1n[nH]c2ccccc12)N1CCN([C@H]2CCC[C@@H]2O)CC1. The van der Waals surface area contributed by atoms with Crippen molar-refractivity contribution in [2.24, 2.45) is 0 Å². The lowest BCUT2D eigenvalue weighted by Gasteiger charge is -2.38. The highest BCUT2D eigenvalue weighted by atomic mass is 16.3. The minimum absolute atomic E-state index is 0.00549. The Morgan fingerprint density at radius 2 is 1.96 bits per heavy atom. The molecule has 1 amide bonds. The quantitative estimate of drug-likeness (QED) is 0.874. The molecular formula is C17H22N4O2. The summed E-state index contributed by atoms with van der Waals surface area (Å²) >= 11 is 0. The van der Waals surface area contributed by atoms with Crippen LogP contribution in [0.3, 0.4) is 0 Å². The molecule has 122 valence electrons. The van der Waals surface area contributed by atoms with Crippen molar-refractivity contribution >= 4 is 16.8 Å². The van der Waals surface area contributed by atoms with Crippen LogP contribution in [0.4, 0.5) is 0 Å². The summed E-state index contributed by atoms with van der Waals surface area (Å²) in [6, 6.07) is 7.99. The lowest BCUT2D eigenvalue weighted by Crippen LogP contribution is -2.53. The molecule has 4 rings (SSSR count). The Hall–Kier alpha value is -1.92. The number of piperazine rings is 1. The molecular weight excluding hydrogens is 292 g/mol. The summed E-state index contributed by atoms with van der Waals surface area (Å²) in [5, 5.41) is 18.1. The van der Waals surface area contributed by atoms with E-state index in [2.05, 4.69) is 15.1 Å². The van der Waals surface area contributed by atoms with Gasteiger partial charge in [-0.3, -0.25) is 14.8 Å². The number of H-pyrrole nitrogens is 1. The zero-order chi connectivity index (χ0) is 15.8. The summed E-state index contributed by atoms with van der Waals surface area (Å²) < 4.78 is 0. The van der Waals surface area contributed by atoms with Crippen LogP contribution in [-0.4, -0.2) is 69.3 Å². The van der Waals surface area contributed by atoms with Crippen LogP contribution >= 0.6 is 0 Å². The number of aliphatic hydroxyl groups is 1. The molecule has 0 unspecified atom stereocenters. The van der Waals surface area contributed by atoms with Crippen molar-refractivity contribution in [3.8, 4) is 0 Å². The molecule has 0 radical (unpaired) electrons. The van der Waals surface area contributed by atoms with E-state index in [0.717, 1.165) is 43.3 Å². The van der Waals surface area contributed by atoms with Crippen LogP contribution in [0.25, 0.3) is 10.9 Å². The summed E-state index contributed by atoms with van der Waals surface area (Å²) in [5.41, 5.74) is 1.40. The van der Waals surface area contributed by atoms with E-state index in [1.54, 1.807) is 0 Å². The third-order valence-corrected chi connectivity index (χ3v) is 5.19. The van der Waals surface area contributed by atoms with E-state index >= 15 is 0 Å². The number of hydrogen-bond acceptors (Lipinski definition) is 4. The lowest BCUT2D eigenvalue weighted by molar-refractivity contribution is 0.0314. The van der Waals surface area contributed by atoms with Gasteiger partial charge in [-0.05, 0) is 25.3 Å². The number of carbonyl (C=O) groups is 1. The normalized spacial score (nSPS) is 26.0. The fraction of sp³-hybridized carbons (Fsp3) is 0.529. The van der Waals surface area contributed by atoms with E-state index in [-0.39, 0.29) is 18.1 Å². The molecule has 0 spiro atoms. The van der Waals surface area contributed by atoms with Gasteiger partial charge in [0.15, 0.2) is 5.69 Å². The van der Waals surface area contributed by atoms with Crippen molar-refractivity contribution < 1.29 is 9.90 Å². The molecule has 0 bridgehead atoms. The van der Waals surface area contributed by atoms with Crippen LogP contribution < -0.4 is 0 Å². The predicted molar refractivity (Wildman–Crippen MR) is 87.2 cm³/mol. The standard InChI is InChI=1S/C17H22N4O2/c22-15-7-3-6-14(15)20-8-10-21(11-9-20)17(23)16-12-4-1-2-5-13(12)18-19-16/h1-2,4-5,14-15,22H,3,6-11H2,(H,18,19)/t14-,15-/m0/s1. The van der Waals surface area contributed by atoms with E-state index in [0.29, 0.717) is 18.8 Å². The van der Waals surface area contributed by atoms with Gasteiger partial charge in [0.25, 0.3) is 5.91 Å². The second-order valence-corrected chi connectivity index (χ2v) is 6.51. The van der Waals surface area contributed by atoms with Crippen LogP contribution in [-0.2, 0) is 0 Å². The number of nitrogens with one attached hydrogen (secondary N) is 1. The number of aromatic amines is 1. The molecule has 23 heavy (non-hydrogen) atoms. The molecule has 2 heterocycles. The molecule has 2 N–H and O–H groups in total. The molecule has 6 heteroatoms. The number of fused-ring (bicyclic) bond motifs is 1.